The molecule has 1 heterocycles. The van der Waals surface area contributed by atoms with Crippen molar-refractivity contribution >= 4 is 21.8 Å². The molecule has 1 aliphatic heterocycles. The van der Waals surface area contributed by atoms with Gasteiger partial charge in [0.15, 0.2) is 5.60 Å². The highest BCUT2D eigenvalue weighted by Crippen LogP contribution is 2.38. The Morgan fingerprint density at radius 3 is 2.35 bits per heavy atom. The van der Waals surface area contributed by atoms with Gasteiger partial charge in [0.2, 0.25) is 21.7 Å². The molecule has 0 saturated carbocycles. The van der Waals surface area contributed by atoms with Crippen molar-refractivity contribution < 1.29 is 31.9 Å². The maximum absolute atomic E-state index is 13.0. The summed E-state index contributed by atoms with van der Waals surface area (Å²) < 4.78 is 48.0. The fourth-order valence-electron chi connectivity index (χ4n) is 2.05. The Morgan fingerprint density at radius 1 is 1.30 bits per heavy atom. The Hall–Kier alpha value is -2.42. The van der Waals surface area contributed by atoms with Gasteiger partial charge >= 0.3 is 5.97 Å². The summed E-state index contributed by atoms with van der Waals surface area (Å²) in [6.45, 7) is 2.43. The minimum atomic E-state index is -3.78. The van der Waals surface area contributed by atoms with Gasteiger partial charge in [0.25, 0.3) is 5.78 Å². The van der Waals surface area contributed by atoms with Crippen LogP contribution in [0.5, 0.6) is 0 Å². The van der Waals surface area contributed by atoms with Gasteiger partial charge in [-0.3, -0.25) is 14.3 Å². The van der Waals surface area contributed by atoms with Gasteiger partial charge in [-0.05, 0) is 19.1 Å². The van der Waals surface area contributed by atoms with Gasteiger partial charge in [-0.25, -0.2) is 12.8 Å². The molecule has 0 amide bonds. The average molecular weight is 343 g/mol. The van der Waals surface area contributed by atoms with Crippen molar-refractivity contribution in [1.82, 2.24) is 4.72 Å². The smallest absolute Gasteiger partial charge is 0.308 e. The molecule has 0 radical (unpaired) electrons. The van der Waals surface area contributed by atoms with Crippen molar-refractivity contribution in [3.63, 3.8) is 0 Å². The first-order valence-corrected chi connectivity index (χ1v) is 8.32. The van der Waals surface area contributed by atoms with Crippen LogP contribution in [0.25, 0.3) is 0 Å². The lowest BCUT2D eigenvalue weighted by Crippen LogP contribution is -2.32. The molecule has 0 spiro atoms. The number of esters is 1. The van der Waals surface area contributed by atoms with E-state index in [-0.39, 0.29) is 5.56 Å². The number of hydrogen-bond donors (Lipinski definition) is 1. The number of hydrogen-bond acceptors (Lipinski definition) is 6. The molecule has 1 N–H and O–H groups in total. The standard InChI is InChI=1S/C14H14FNO6S/c1-8(17)21-11-12(18)14(2,9-4-6-10(15)7-5-9)22-13(11)16-23(3,19)20/h4-7,16H,1-3H3. The molecule has 1 unspecified atom stereocenters. The maximum atomic E-state index is 13.0. The lowest BCUT2D eigenvalue weighted by atomic mass is 9.91. The summed E-state index contributed by atoms with van der Waals surface area (Å²) in [6, 6.07) is 4.90. The topological polar surface area (TPSA) is 98.8 Å². The van der Waals surface area contributed by atoms with Crippen LogP contribution in [0.15, 0.2) is 35.9 Å². The molecule has 0 saturated heterocycles. The zero-order chi connectivity index (χ0) is 17.4. The molecule has 1 atom stereocenters. The van der Waals surface area contributed by atoms with E-state index >= 15 is 0 Å². The van der Waals surface area contributed by atoms with E-state index in [1.54, 1.807) is 0 Å². The van der Waals surface area contributed by atoms with Crippen molar-refractivity contribution in [1.29, 1.82) is 0 Å². The normalized spacial score (nSPS) is 21.1. The molecule has 1 aromatic carbocycles. The zero-order valence-corrected chi connectivity index (χ0v) is 13.4. The van der Waals surface area contributed by atoms with Crippen LogP contribution in [-0.4, -0.2) is 26.4 Å². The van der Waals surface area contributed by atoms with Gasteiger partial charge in [-0.2, -0.15) is 0 Å². The molecule has 1 aromatic rings. The van der Waals surface area contributed by atoms with Gasteiger partial charge in [-0.1, -0.05) is 12.1 Å². The van der Waals surface area contributed by atoms with Crippen LogP contribution in [0.1, 0.15) is 19.4 Å². The maximum Gasteiger partial charge on any atom is 0.308 e. The third-order valence-corrected chi connectivity index (χ3v) is 3.63. The van der Waals surface area contributed by atoms with Crippen LogP contribution < -0.4 is 4.72 Å². The number of halogens is 1. The fourth-order valence-corrected chi connectivity index (χ4v) is 2.52. The predicted molar refractivity (Wildman–Crippen MR) is 76.6 cm³/mol. The fraction of sp³-hybridized carbons (Fsp3) is 0.286. The molecule has 0 bridgehead atoms. The largest absolute Gasteiger partial charge is 0.456 e. The van der Waals surface area contributed by atoms with Crippen molar-refractivity contribution in [3.8, 4) is 0 Å². The summed E-state index contributed by atoms with van der Waals surface area (Å²) in [5.74, 6) is -3.11. The van der Waals surface area contributed by atoms with E-state index in [1.807, 2.05) is 4.72 Å². The monoisotopic (exact) mass is 343 g/mol. The van der Waals surface area contributed by atoms with Gasteiger partial charge in [0.1, 0.15) is 5.82 Å². The Balaban J connectivity index is 2.47. The van der Waals surface area contributed by atoms with Crippen molar-refractivity contribution in [2.75, 3.05) is 6.26 Å². The highest BCUT2D eigenvalue weighted by Gasteiger charge is 2.50. The van der Waals surface area contributed by atoms with E-state index < -0.39 is 44.8 Å². The van der Waals surface area contributed by atoms with Gasteiger partial charge in [0, 0.05) is 12.5 Å². The summed E-state index contributed by atoms with van der Waals surface area (Å²) in [5, 5.41) is 0. The number of benzene rings is 1. The Kier molecular flexibility index (Phi) is 4.16. The van der Waals surface area contributed by atoms with Crippen LogP contribution in [-0.2, 0) is 34.7 Å². The second-order valence-corrected chi connectivity index (χ2v) is 6.85. The Labute approximate surface area is 132 Å². The highest BCUT2D eigenvalue weighted by molar-refractivity contribution is 7.88. The molecule has 0 fully saturated rings. The van der Waals surface area contributed by atoms with E-state index in [0.717, 1.165) is 25.3 Å². The second-order valence-electron chi connectivity index (χ2n) is 5.10. The van der Waals surface area contributed by atoms with Gasteiger partial charge in [0.05, 0.1) is 6.26 Å². The van der Waals surface area contributed by atoms with Gasteiger partial charge < -0.3 is 9.47 Å². The molecule has 0 aliphatic carbocycles. The first-order chi connectivity index (χ1) is 10.5. The minimum absolute atomic E-state index is 0.277. The number of rotatable bonds is 4. The average Bonchev–Trinajstić information content (AvgIpc) is 2.62. The number of ether oxygens (including phenoxy) is 2. The van der Waals surface area contributed by atoms with Crippen LogP contribution in [0.4, 0.5) is 4.39 Å². The first-order valence-electron chi connectivity index (χ1n) is 6.43. The molecular formula is C14H14FNO6S. The molecule has 1 aliphatic rings. The highest BCUT2D eigenvalue weighted by atomic mass is 32.2. The van der Waals surface area contributed by atoms with Crippen LogP contribution in [0.3, 0.4) is 0 Å². The minimum Gasteiger partial charge on any atom is -0.456 e. The van der Waals surface area contributed by atoms with Crippen molar-refractivity contribution in [2.45, 2.75) is 19.4 Å². The van der Waals surface area contributed by atoms with E-state index in [9.17, 15) is 22.4 Å². The second kappa shape index (κ2) is 5.65. The molecule has 7 nitrogen and oxygen atoms in total. The molecule has 9 heteroatoms. The number of sulfonamides is 1. The third-order valence-electron chi connectivity index (χ3n) is 3.07. The third kappa shape index (κ3) is 3.50. The summed E-state index contributed by atoms with van der Waals surface area (Å²) in [4.78, 5) is 23.7. The van der Waals surface area contributed by atoms with Crippen LogP contribution in [0, 0.1) is 5.82 Å². The molecule has 0 aromatic heterocycles. The molecular weight excluding hydrogens is 329 g/mol. The van der Waals surface area contributed by atoms with Gasteiger partial charge in [-0.15, -0.1) is 0 Å². The lowest BCUT2D eigenvalue weighted by molar-refractivity contribution is -0.142. The van der Waals surface area contributed by atoms with Crippen LogP contribution in [0.2, 0.25) is 0 Å². The molecule has 2 rings (SSSR count). The van der Waals surface area contributed by atoms with Crippen molar-refractivity contribution in [2.24, 2.45) is 0 Å². The number of nitrogens with one attached hydrogen (secondary N) is 1. The zero-order valence-electron chi connectivity index (χ0n) is 12.5. The lowest BCUT2D eigenvalue weighted by Gasteiger charge is -2.23. The summed E-state index contributed by atoms with van der Waals surface area (Å²) in [6.07, 6.45) is 0.854. The van der Waals surface area contributed by atoms with Crippen molar-refractivity contribution in [3.05, 3.63) is 47.3 Å². The Morgan fingerprint density at radius 2 is 1.87 bits per heavy atom. The quantitative estimate of drug-likeness (QED) is 0.816. The predicted octanol–water partition coefficient (Wildman–Crippen LogP) is 0.922. The van der Waals surface area contributed by atoms with E-state index in [0.29, 0.717) is 0 Å². The SMILES string of the molecule is CC(=O)OC1=C(NS(C)(=O)=O)OC(C)(c2ccc(F)cc2)C1=O. The summed E-state index contributed by atoms with van der Waals surface area (Å²) in [7, 11) is -3.78. The van der Waals surface area contributed by atoms with E-state index in [1.165, 1.54) is 19.1 Å². The van der Waals surface area contributed by atoms with E-state index in [4.69, 9.17) is 9.47 Å². The molecule has 23 heavy (non-hydrogen) atoms. The summed E-state index contributed by atoms with van der Waals surface area (Å²) in [5.41, 5.74) is -1.37. The van der Waals surface area contributed by atoms with E-state index in [2.05, 4.69) is 0 Å². The number of carbonyl (C=O) groups excluding carboxylic acids is 2. The first kappa shape index (κ1) is 16.9. The summed E-state index contributed by atoms with van der Waals surface area (Å²) >= 11 is 0. The number of ketones is 1. The Bertz CT molecular complexity index is 799. The van der Waals surface area contributed by atoms with Crippen LogP contribution >= 0.6 is 0 Å². The number of Topliss-reactive ketones (excluding diaryl/α,β-unsaturated/α-hetero) is 1. The molecule has 124 valence electrons. The number of carbonyl (C=O) groups is 2.